The molecule has 6 N–H and O–H groups in total. The zero-order chi connectivity index (χ0) is 18.0. The molecule has 0 atom stereocenters. The quantitative estimate of drug-likeness (QED) is 0.515. The topological polar surface area (TPSA) is 136 Å². The maximum Gasteiger partial charge on any atom is 0.158 e. The third-order valence-electron chi connectivity index (χ3n) is 3.74. The number of nitrogens with two attached hydrogens (primary N) is 2. The molecular formula is C16H16ClN7O. The van der Waals surface area contributed by atoms with E-state index in [1.54, 1.807) is 25.4 Å². The number of methoxy groups -OCH3 is 1. The molecule has 2 aromatic heterocycles. The van der Waals surface area contributed by atoms with Gasteiger partial charge in [-0.15, -0.1) is 10.2 Å². The first-order valence-electron chi connectivity index (χ1n) is 7.32. The summed E-state index contributed by atoms with van der Waals surface area (Å²) in [5.41, 5.74) is 13.1. The molecule has 25 heavy (non-hydrogen) atoms. The van der Waals surface area contributed by atoms with Gasteiger partial charge in [-0.1, -0.05) is 17.7 Å². The molecule has 0 bridgehead atoms. The van der Waals surface area contributed by atoms with Crippen molar-refractivity contribution in [1.29, 1.82) is 5.41 Å². The predicted molar refractivity (Wildman–Crippen MR) is 99.4 cm³/mol. The molecule has 3 rings (SSSR count). The van der Waals surface area contributed by atoms with E-state index in [-0.39, 0.29) is 11.6 Å². The summed E-state index contributed by atoms with van der Waals surface area (Å²) in [5.74, 6) is 1.51. The van der Waals surface area contributed by atoms with Crippen LogP contribution in [0.4, 0.5) is 17.5 Å². The number of nitrogens with one attached hydrogen (secondary N) is 2. The lowest BCUT2D eigenvalue weighted by Crippen LogP contribution is -2.08. The number of ether oxygens (including phenoxy) is 1. The van der Waals surface area contributed by atoms with Crippen LogP contribution >= 0.6 is 11.6 Å². The van der Waals surface area contributed by atoms with Gasteiger partial charge >= 0.3 is 0 Å². The number of fused-ring (bicyclic) bond motifs is 1. The van der Waals surface area contributed by atoms with Gasteiger partial charge in [-0.2, -0.15) is 0 Å². The molecule has 3 aromatic rings. The first-order chi connectivity index (χ1) is 12.0. The summed E-state index contributed by atoms with van der Waals surface area (Å²) < 4.78 is 5.14. The lowest BCUT2D eigenvalue weighted by atomic mass is 10.1. The number of aromatic nitrogens is 3. The zero-order valence-corrected chi connectivity index (χ0v) is 14.1. The van der Waals surface area contributed by atoms with Crippen molar-refractivity contribution in [1.82, 2.24) is 15.2 Å². The molecule has 0 aliphatic carbocycles. The Morgan fingerprint density at radius 1 is 1.28 bits per heavy atom. The molecule has 2 heterocycles. The Balaban J connectivity index is 1.96. The summed E-state index contributed by atoms with van der Waals surface area (Å²) in [4.78, 5) is 4.10. The molecule has 0 saturated heterocycles. The second kappa shape index (κ2) is 6.78. The number of hydrogen-bond acceptors (Lipinski definition) is 8. The van der Waals surface area contributed by atoms with Crippen LogP contribution in [-0.4, -0.2) is 28.5 Å². The largest absolute Gasteiger partial charge is 0.495 e. The van der Waals surface area contributed by atoms with Crippen LogP contribution < -0.4 is 21.5 Å². The molecule has 0 unspecified atom stereocenters. The van der Waals surface area contributed by atoms with E-state index in [0.717, 1.165) is 11.8 Å². The van der Waals surface area contributed by atoms with Crippen LogP contribution in [-0.2, 0) is 6.54 Å². The normalized spacial score (nSPS) is 10.6. The highest BCUT2D eigenvalue weighted by molar-refractivity contribution is 6.32. The second-order valence-electron chi connectivity index (χ2n) is 5.25. The van der Waals surface area contributed by atoms with Crippen LogP contribution in [0.15, 0.2) is 24.4 Å². The summed E-state index contributed by atoms with van der Waals surface area (Å²) in [6.07, 6.45) is 2.67. The fourth-order valence-corrected chi connectivity index (χ4v) is 2.77. The highest BCUT2D eigenvalue weighted by atomic mass is 35.5. The van der Waals surface area contributed by atoms with E-state index in [1.807, 2.05) is 6.07 Å². The Hall–Kier alpha value is -3.13. The predicted octanol–water partition coefficient (Wildman–Crippen LogP) is 2.46. The van der Waals surface area contributed by atoms with Gasteiger partial charge in [-0.25, -0.2) is 4.98 Å². The lowest BCUT2D eigenvalue weighted by Gasteiger charge is -2.12. The summed E-state index contributed by atoms with van der Waals surface area (Å²) in [6, 6.07) is 5.49. The Kier molecular flexibility index (Phi) is 4.53. The van der Waals surface area contributed by atoms with Gasteiger partial charge in [-0.05, 0) is 17.7 Å². The molecule has 0 spiro atoms. The Labute approximate surface area is 148 Å². The maximum absolute atomic E-state index is 7.54. The van der Waals surface area contributed by atoms with Crippen LogP contribution in [0.5, 0.6) is 5.75 Å². The van der Waals surface area contributed by atoms with E-state index in [4.69, 9.17) is 33.2 Å². The number of hydrogen-bond donors (Lipinski definition) is 4. The fraction of sp³-hybridized carbons (Fsp3) is 0.125. The molecule has 9 heteroatoms. The van der Waals surface area contributed by atoms with Crippen molar-refractivity contribution < 1.29 is 4.74 Å². The van der Waals surface area contributed by atoms with Gasteiger partial charge in [0.2, 0.25) is 0 Å². The second-order valence-corrected chi connectivity index (χ2v) is 5.65. The molecular weight excluding hydrogens is 342 g/mol. The molecule has 1 aromatic carbocycles. The number of nitrogen functional groups attached to an aromatic ring is 2. The van der Waals surface area contributed by atoms with Crippen LogP contribution in [0.1, 0.15) is 11.1 Å². The van der Waals surface area contributed by atoms with Crippen molar-refractivity contribution in [2.75, 3.05) is 23.9 Å². The molecule has 0 aliphatic rings. The Bertz CT molecular complexity index is 961. The van der Waals surface area contributed by atoms with E-state index in [9.17, 15) is 0 Å². The van der Waals surface area contributed by atoms with Crippen molar-refractivity contribution >= 4 is 46.0 Å². The minimum Gasteiger partial charge on any atom is -0.495 e. The SMILES string of the molecule is COc1ccc(CNc2nnc(N)c3c(C=N)c(N)ncc23)cc1Cl. The number of halogens is 1. The van der Waals surface area contributed by atoms with Crippen LogP contribution in [0.3, 0.4) is 0 Å². The molecule has 0 fully saturated rings. The Morgan fingerprint density at radius 2 is 2.08 bits per heavy atom. The van der Waals surface area contributed by atoms with Crippen LogP contribution in [0, 0.1) is 5.41 Å². The standard InChI is InChI=1S/C16H16ClN7O/c1-25-12-3-2-8(4-11(12)17)6-22-16-10-7-21-14(19)9(5-18)13(10)15(20)23-24-16/h2-5,7,18H,6H2,1H3,(H2,19,21)(H2,20,23)(H,22,24). The van der Waals surface area contributed by atoms with Gasteiger partial charge in [0.1, 0.15) is 11.6 Å². The van der Waals surface area contributed by atoms with E-state index in [0.29, 0.717) is 39.5 Å². The van der Waals surface area contributed by atoms with Gasteiger partial charge < -0.3 is 26.9 Å². The number of rotatable bonds is 5. The maximum atomic E-state index is 7.54. The van der Waals surface area contributed by atoms with Crippen LogP contribution in [0.25, 0.3) is 10.8 Å². The number of benzene rings is 1. The van der Waals surface area contributed by atoms with Gasteiger partial charge in [0.15, 0.2) is 11.6 Å². The van der Waals surface area contributed by atoms with Crippen molar-refractivity contribution in [3.63, 3.8) is 0 Å². The lowest BCUT2D eigenvalue weighted by molar-refractivity contribution is 0.415. The van der Waals surface area contributed by atoms with Crippen molar-refractivity contribution in [2.45, 2.75) is 6.54 Å². The van der Waals surface area contributed by atoms with Gasteiger partial charge in [0.05, 0.1) is 12.1 Å². The Morgan fingerprint density at radius 3 is 2.76 bits per heavy atom. The molecule has 8 nitrogen and oxygen atoms in total. The van der Waals surface area contributed by atoms with Gasteiger partial charge in [0.25, 0.3) is 0 Å². The summed E-state index contributed by atoms with van der Waals surface area (Å²) in [5, 5.41) is 20.5. The highest BCUT2D eigenvalue weighted by Crippen LogP contribution is 2.30. The fourth-order valence-electron chi connectivity index (χ4n) is 2.49. The first kappa shape index (κ1) is 16.7. The van der Waals surface area contributed by atoms with E-state index in [2.05, 4.69) is 20.5 Å². The zero-order valence-electron chi connectivity index (χ0n) is 13.4. The molecule has 0 aliphatic heterocycles. The molecule has 0 radical (unpaired) electrons. The third-order valence-corrected chi connectivity index (χ3v) is 4.03. The average molecular weight is 358 g/mol. The summed E-state index contributed by atoms with van der Waals surface area (Å²) in [7, 11) is 1.56. The van der Waals surface area contributed by atoms with Crippen molar-refractivity contribution in [3.05, 3.63) is 40.5 Å². The van der Waals surface area contributed by atoms with E-state index < -0.39 is 0 Å². The number of pyridine rings is 1. The average Bonchev–Trinajstić information content (AvgIpc) is 2.61. The van der Waals surface area contributed by atoms with Crippen molar-refractivity contribution in [3.8, 4) is 5.75 Å². The highest BCUT2D eigenvalue weighted by Gasteiger charge is 2.14. The van der Waals surface area contributed by atoms with Gasteiger partial charge in [-0.3, -0.25) is 0 Å². The first-order valence-corrected chi connectivity index (χ1v) is 7.70. The number of nitrogens with zero attached hydrogens (tertiary/aromatic N) is 3. The van der Waals surface area contributed by atoms with Crippen LogP contribution in [0.2, 0.25) is 5.02 Å². The third kappa shape index (κ3) is 3.11. The minimum atomic E-state index is 0.195. The summed E-state index contributed by atoms with van der Waals surface area (Å²) in [6.45, 7) is 0.460. The van der Waals surface area contributed by atoms with Gasteiger partial charge in [0, 0.05) is 35.3 Å². The summed E-state index contributed by atoms with van der Waals surface area (Å²) >= 11 is 6.14. The van der Waals surface area contributed by atoms with Crippen molar-refractivity contribution in [2.24, 2.45) is 0 Å². The molecule has 128 valence electrons. The van der Waals surface area contributed by atoms with E-state index >= 15 is 0 Å². The molecule has 0 saturated carbocycles. The van der Waals surface area contributed by atoms with E-state index in [1.165, 1.54) is 0 Å². The smallest absolute Gasteiger partial charge is 0.158 e. The number of anilines is 3. The minimum absolute atomic E-state index is 0.195. The molecule has 0 amide bonds. The monoisotopic (exact) mass is 357 g/mol.